The van der Waals surface area contributed by atoms with Gasteiger partial charge >= 0.3 is 12.2 Å². The van der Waals surface area contributed by atoms with Crippen LogP contribution in [0.5, 0.6) is 11.9 Å². The molecular weight excluding hydrogens is 289 g/mol. The van der Waals surface area contributed by atoms with Crippen molar-refractivity contribution in [1.82, 2.24) is 19.9 Å². The number of aromatic hydroxyl groups is 2. The molecule has 0 aliphatic carbocycles. The van der Waals surface area contributed by atoms with Crippen molar-refractivity contribution >= 4 is 11.2 Å². The van der Waals surface area contributed by atoms with Crippen LogP contribution in [-0.4, -0.2) is 30.1 Å². The topological polar surface area (TPSA) is 94.9 Å². The highest BCUT2D eigenvalue weighted by Crippen LogP contribution is 2.31. The first-order valence-electron chi connectivity index (χ1n) is 5.68. The lowest BCUT2D eigenvalue weighted by molar-refractivity contribution is -0.137. The summed E-state index contributed by atoms with van der Waals surface area (Å²) in [6.45, 7) is 0. The van der Waals surface area contributed by atoms with Crippen LogP contribution in [0.4, 0.5) is 13.2 Å². The number of hydrogen-bond acceptors (Lipinski definition) is 5. The van der Waals surface area contributed by atoms with E-state index in [0.717, 1.165) is 12.1 Å². The Morgan fingerprint density at radius 1 is 0.952 bits per heavy atom. The van der Waals surface area contributed by atoms with Crippen LogP contribution in [0.25, 0.3) is 22.6 Å². The molecule has 0 unspecified atom stereocenters. The van der Waals surface area contributed by atoms with Gasteiger partial charge in [-0.1, -0.05) is 12.1 Å². The van der Waals surface area contributed by atoms with Gasteiger partial charge in [-0.2, -0.15) is 23.1 Å². The van der Waals surface area contributed by atoms with Crippen molar-refractivity contribution in [2.75, 3.05) is 0 Å². The standard InChI is InChI=1S/C12H7F3N4O2/c13-12(14,15)6-3-1-5(2-4-6)8-16-7-9(17-8)18-11(21)19-10(7)20/h1-4H,(H3,16,17,18,19,20,21). The van der Waals surface area contributed by atoms with E-state index in [1.165, 1.54) is 12.1 Å². The van der Waals surface area contributed by atoms with Crippen molar-refractivity contribution in [1.29, 1.82) is 0 Å². The van der Waals surface area contributed by atoms with E-state index in [1.54, 1.807) is 0 Å². The minimum atomic E-state index is -4.41. The Hall–Kier alpha value is -2.84. The molecule has 3 rings (SSSR count). The molecule has 3 N–H and O–H groups in total. The van der Waals surface area contributed by atoms with Gasteiger partial charge in [-0.3, -0.25) is 0 Å². The van der Waals surface area contributed by atoms with Gasteiger partial charge in [0.25, 0.3) is 0 Å². The van der Waals surface area contributed by atoms with Crippen molar-refractivity contribution in [3.05, 3.63) is 29.8 Å². The third-order valence-electron chi connectivity index (χ3n) is 2.80. The van der Waals surface area contributed by atoms with Gasteiger partial charge in [0.2, 0.25) is 5.88 Å². The molecule has 0 amide bonds. The number of benzene rings is 1. The molecule has 108 valence electrons. The summed E-state index contributed by atoms with van der Waals surface area (Å²) >= 11 is 0. The number of hydrogen-bond donors (Lipinski definition) is 3. The van der Waals surface area contributed by atoms with Crippen LogP contribution >= 0.6 is 0 Å². The number of halogens is 3. The molecule has 0 bridgehead atoms. The van der Waals surface area contributed by atoms with Crippen molar-refractivity contribution in [3.8, 4) is 23.3 Å². The zero-order valence-electron chi connectivity index (χ0n) is 10.2. The molecule has 0 aliphatic heterocycles. The van der Waals surface area contributed by atoms with Crippen molar-refractivity contribution < 1.29 is 23.4 Å². The quantitative estimate of drug-likeness (QED) is 0.641. The molecule has 0 fully saturated rings. The molecule has 9 heteroatoms. The van der Waals surface area contributed by atoms with Gasteiger partial charge in [0.15, 0.2) is 11.2 Å². The lowest BCUT2D eigenvalue weighted by atomic mass is 10.1. The summed E-state index contributed by atoms with van der Waals surface area (Å²) in [5.41, 5.74) is -0.305. The van der Waals surface area contributed by atoms with Crippen molar-refractivity contribution in [2.24, 2.45) is 0 Å². The number of alkyl halides is 3. The number of aromatic amines is 1. The first-order valence-corrected chi connectivity index (χ1v) is 5.68. The Morgan fingerprint density at radius 2 is 1.62 bits per heavy atom. The second-order valence-corrected chi connectivity index (χ2v) is 4.20. The largest absolute Gasteiger partial charge is 0.492 e. The fourth-order valence-electron chi connectivity index (χ4n) is 1.83. The van der Waals surface area contributed by atoms with E-state index in [2.05, 4.69) is 19.9 Å². The average Bonchev–Trinajstić information content (AvgIpc) is 2.82. The maximum atomic E-state index is 12.5. The number of fused-ring (bicyclic) bond motifs is 1. The summed E-state index contributed by atoms with van der Waals surface area (Å²) in [5, 5.41) is 18.7. The summed E-state index contributed by atoms with van der Waals surface area (Å²) in [4.78, 5) is 13.6. The first kappa shape index (κ1) is 13.2. The Balaban J connectivity index is 2.06. The highest BCUT2D eigenvalue weighted by atomic mass is 19.4. The number of nitrogens with one attached hydrogen (secondary N) is 1. The normalized spacial score (nSPS) is 12.0. The van der Waals surface area contributed by atoms with E-state index in [4.69, 9.17) is 5.11 Å². The van der Waals surface area contributed by atoms with Gasteiger partial charge < -0.3 is 15.2 Å². The molecule has 0 aliphatic rings. The smallest absolute Gasteiger partial charge is 0.416 e. The summed E-state index contributed by atoms with van der Waals surface area (Å²) in [7, 11) is 0. The van der Waals surface area contributed by atoms with Crippen LogP contribution in [-0.2, 0) is 6.18 Å². The molecule has 2 aromatic heterocycles. The zero-order valence-corrected chi connectivity index (χ0v) is 10.2. The lowest BCUT2D eigenvalue weighted by Gasteiger charge is -2.06. The Kier molecular flexibility index (Phi) is 2.71. The Labute approximate surface area is 114 Å². The lowest BCUT2D eigenvalue weighted by Crippen LogP contribution is -2.04. The van der Waals surface area contributed by atoms with Gasteiger partial charge in [-0.05, 0) is 12.1 Å². The molecule has 0 radical (unpaired) electrons. The molecule has 3 aromatic rings. The first-order chi connectivity index (χ1) is 9.84. The van der Waals surface area contributed by atoms with Crippen LogP contribution < -0.4 is 0 Å². The molecule has 0 atom stereocenters. The number of rotatable bonds is 1. The van der Waals surface area contributed by atoms with Gasteiger partial charge in [0, 0.05) is 5.56 Å². The SMILES string of the molecule is Oc1nc(O)c2nc(-c3ccc(C(F)(F)F)cc3)[nH]c2n1. The Bertz CT molecular complexity index is 812. The van der Waals surface area contributed by atoms with Crippen molar-refractivity contribution in [3.63, 3.8) is 0 Å². The molecular formula is C12H7F3N4O2. The monoisotopic (exact) mass is 296 g/mol. The third-order valence-corrected chi connectivity index (χ3v) is 2.80. The van der Waals surface area contributed by atoms with E-state index in [1.807, 2.05) is 0 Å². The summed E-state index contributed by atoms with van der Waals surface area (Å²) in [5.74, 6) is -0.319. The van der Waals surface area contributed by atoms with Crippen LogP contribution in [0.1, 0.15) is 5.56 Å². The maximum absolute atomic E-state index is 12.5. The van der Waals surface area contributed by atoms with Crippen LogP contribution in [0.15, 0.2) is 24.3 Å². The second-order valence-electron chi connectivity index (χ2n) is 4.20. The van der Waals surface area contributed by atoms with E-state index in [-0.39, 0.29) is 17.0 Å². The van der Waals surface area contributed by atoms with E-state index in [9.17, 15) is 18.3 Å². The number of imidazole rings is 1. The highest BCUT2D eigenvalue weighted by molar-refractivity contribution is 5.80. The van der Waals surface area contributed by atoms with Gasteiger partial charge in [0.1, 0.15) is 5.82 Å². The van der Waals surface area contributed by atoms with E-state index in [0.29, 0.717) is 5.56 Å². The molecule has 6 nitrogen and oxygen atoms in total. The second kappa shape index (κ2) is 4.33. The van der Waals surface area contributed by atoms with Crippen LogP contribution in [0.3, 0.4) is 0 Å². The predicted molar refractivity (Wildman–Crippen MR) is 65.5 cm³/mol. The maximum Gasteiger partial charge on any atom is 0.416 e. The highest BCUT2D eigenvalue weighted by Gasteiger charge is 2.30. The molecule has 1 aromatic carbocycles. The number of nitrogens with zero attached hydrogens (tertiary/aromatic N) is 3. The van der Waals surface area contributed by atoms with Gasteiger partial charge in [0.05, 0.1) is 5.56 Å². The predicted octanol–water partition coefficient (Wildman–Crippen LogP) is 2.45. The van der Waals surface area contributed by atoms with Crippen LogP contribution in [0, 0.1) is 0 Å². The van der Waals surface area contributed by atoms with Gasteiger partial charge in [-0.15, -0.1) is 0 Å². The summed E-state index contributed by atoms with van der Waals surface area (Å²) in [6, 6.07) is 3.69. The minimum absolute atomic E-state index is 0.0164. The third kappa shape index (κ3) is 2.33. The number of aromatic nitrogens is 4. The van der Waals surface area contributed by atoms with E-state index < -0.39 is 23.6 Å². The zero-order chi connectivity index (χ0) is 15.2. The van der Waals surface area contributed by atoms with Crippen molar-refractivity contribution in [2.45, 2.75) is 6.18 Å². The molecule has 0 saturated carbocycles. The average molecular weight is 296 g/mol. The van der Waals surface area contributed by atoms with Crippen LogP contribution in [0.2, 0.25) is 0 Å². The summed E-state index contributed by atoms with van der Waals surface area (Å²) < 4.78 is 37.5. The fourth-order valence-corrected chi connectivity index (χ4v) is 1.83. The minimum Gasteiger partial charge on any atom is -0.492 e. The molecule has 21 heavy (non-hydrogen) atoms. The number of H-pyrrole nitrogens is 1. The van der Waals surface area contributed by atoms with E-state index >= 15 is 0 Å². The Morgan fingerprint density at radius 3 is 2.24 bits per heavy atom. The fraction of sp³-hybridized carbons (Fsp3) is 0.0833. The molecule has 0 spiro atoms. The van der Waals surface area contributed by atoms with Gasteiger partial charge in [-0.25, -0.2) is 4.98 Å². The molecule has 0 saturated heterocycles. The summed E-state index contributed by atoms with van der Waals surface area (Å²) in [6.07, 6.45) is -4.41. The molecule has 2 heterocycles.